The molecule has 1 aromatic heterocycles. The van der Waals surface area contributed by atoms with E-state index in [-0.39, 0.29) is 28.8 Å². The molecule has 2 aromatic rings. The summed E-state index contributed by atoms with van der Waals surface area (Å²) in [7, 11) is 1.62. The molecule has 0 atom stereocenters. The van der Waals surface area contributed by atoms with Crippen LogP contribution < -0.4 is 5.32 Å². The first-order valence-corrected chi connectivity index (χ1v) is 10.4. The predicted octanol–water partition coefficient (Wildman–Crippen LogP) is 3.32. The SMILES string of the molecule is COCc1cccc(C(=O)NC2CC3(CCN(C(=O)c4cnc(F)c(F)c4)CC3)C2)c1. The molecule has 2 heterocycles. The zero-order chi connectivity index (χ0) is 22.0. The van der Waals surface area contributed by atoms with Crippen LogP contribution in [0, 0.1) is 17.2 Å². The second kappa shape index (κ2) is 8.70. The van der Waals surface area contributed by atoms with E-state index in [1.165, 1.54) is 0 Å². The van der Waals surface area contributed by atoms with E-state index in [1.807, 2.05) is 18.2 Å². The molecule has 31 heavy (non-hydrogen) atoms. The maximum absolute atomic E-state index is 13.4. The van der Waals surface area contributed by atoms with Gasteiger partial charge in [0.2, 0.25) is 5.95 Å². The van der Waals surface area contributed by atoms with Crippen molar-refractivity contribution in [3.63, 3.8) is 0 Å². The fourth-order valence-corrected chi connectivity index (χ4v) is 4.64. The standard InChI is InChI=1S/C23H25F2N3O3/c1-31-14-15-3-2-4-16(9-15)21(29)27-18-11-23(12-18)5-7-28(8-6-23)22(30)17-10-19(24)20(25)26-13-17/h2-4,9-10,13,18H,5-8,11-12,14H2,1H3,(H,27,29). The molecule has 2 amide bonds. The summed E-state index contributed by atoms with van der Waals surface area (Å²) in [6.07, 6.45) is 4.48. The lowest BCUT2D eigenvalue weighted by Gasteiger charge is -2.52. The van der Waals surface area contributed by atoms with Gasteiger partial charge >= 0.3 is 0 Å². The fourth-order valence-electron chi connectivity index (χ4n) is 4.64. The third-order valence-electron chi connectivity index (χ3n) is 6.35. The zero-order valence-electron chi connectivity index (χ0n) is 17.4. The molecule has 2 fully saturated rings. The number of carbonyl (C=O) groups is 2. The first kappa shape index (κ1) is 21.4. The van der Waals surface area contributed by atoms with Crippen LogP contribution in [0.3, 0.4) is 0 Å². The zero-order valence-corrected chi connectivity index (χ0v) is 17.4. The Morgan fingerprint density at radius 3 is 2.61 bits per heavy atom. The molecule has 0 bridgehead atoms. The van der Waals surface area contributed by atoms with Crippen molar-refractivity contribution in [1.82, 2.24) is 15.2 Å². The maximum atomic E-state index is 13.4. The summed E-state index contributed by atoms with van der Waals surface area (Å²) in [6.45, 7) is 1.57. The highest BCUT2D eigenvalue weighted by molar-refractivity contribution is 5.95. The third kappa shape index (κ3) is 4.58. The van der Waals surface area contributed by atoms with Crippen molar-refractivity contribution in [1.29, 1.82) is 0 Å². The van der Waals surface area contributed by atoms with Gasteiger partial charge in [-0.15, -0.1) is 0 Å². The Morgan fingerprint density at radius 2 is 1.94 bits per heavy atom. The number of likely N-dealkylation sites (tertiary alicyclic amines) is 1. The molecule has 0 unspecified atom stereocenters. The number of halogens is 2. The van der Waals surface area contributed by atoms with Crippen LogP contribution in [0.5, 0.6) is 0 Å². The van der Waals surface area contributed by atoms with Gasteiger partial charge in [-0.3, -0.25) is 9.59 Å². The average molecular weight is 429 g/mol. The summed E-state index contributed by atoms with van der Waals surface area (Å²) in [5.41, 5.74) is 1.76. The normalized spacial score (nSPS) is 18.0. The molecule has 1 spiro atoms. The van der Waals surface area contributed by atoms with Gasteiger partial charge in [-0.1, -0.05) is 12.1 Å². The fraction of sp³-hybridized carbons (Fsp3) is 0.435. The van der Waals surface area contributed by atoms with Crippen LogP contribution >= 0.6 is 0 Å². The Kier molecular flexibility index (Phi) is 6.00. The number of piperidine rings is 1. The first-order chi connectivity index (χ1) is 14.9. The van der Waals surface area contributed by atoms with Gasteiger partial charge in [0.05, 0.1) is 12.2 Å². The molecule has 6 nitrogen and oxygen atoms in total. The van der Waals surface area contributed by atoms with Crippen molar-refractivity contribution >= 4 is 11.8 Å². The van der Waals surface area contributed by atoms with Crippen LogP contribution in [-0.2, 0) is 11.3 Å². The molecule has 164 valence electrons. The number of amides is 2. The van der Waals surface area contributed by atoms with Gasteiger partial charge in [0.1, 0.15) is 0 Å². The molecule has 0 radical (unpaired) electrons. The summed E-state index contributed by atoms with van der Waals surface area (Å²) in [6, 6.07) is 8.41. The number of benzene rings is 1. The number of methoxy groups -OCH3 is 1. The van der Waals surface area contributed by atoms with Crippen LogP contribution in [0.25, 0.3) is 0 Å². The number of ether oxygens (including phenoxy) is 1. The van der Waals surface area contributed by atoms with E-state index in [0.29, 0.717) is 25.3 Å². The van der Waals surface area contributed by atoms with Crippen molar-refractivity contribution in [2.24, 2.45) is 5.41 Å². The molecule has 8 heteroatoms. The highest BCUT2D eigenvalue weighted by Crippen LogP contribution is 2.49. The molecule has 1 aromatic carbocycles. The van der Waals surface area contributed by atoms with Crippen molar-refractivity contribution in [2.45, 2.75) is 38.3 Å². The Labute approximate surface area is 179 Å². The number of aromatic nitrogens is 1. The molecule has 1 saturated carbocycles. The molecular weight excluding hydrogens is 404 g/mol. The average Bonchev–Trinajstić information content (AvgIpc) is 2.75. The van der Waals surface area contributed by atoms with Crippen molar-refractivity contribution in [2.75, 3.05) is 20.2 Å². The first-order valence-electron chi connectivity index (χ1n) is 10.4. The van der Waals surface area contributed by atoms with E-state index in [1.54, 1.807) is 18.1 Å². The topological polar surface area (TPSA) is 71.5 Å². The van der Waals surface area contributed by atoms with Gasteiger partial charge in [0.25, 0.3) is 11.8 Å². The van der Waals surface area contributed by atoms with Gasteiger partial charge in [0, 0.05) is 38.0 Å². The number of hydrogen-bond acceptors (Lipinski definition) is 4. The van der Waals surface area contributed by atoms with Gasteiger partial charge in [-0.2, -0.15) is 4.39 Å². The molecule has 1 aliphatic heterocycles. The van der Waals surface area contributed by atoms with Gasteiger partial charge in [-0.05, 0) is 54.9 Å². The summed E-state index contributed by atoms with van der Waals surface area (Å²) >= 11 is 0. The summed E-state index contributed by atoms with van der Waals surface area (Å²) in [5.74, 6) is -2.75. The van der Waals surface area contributed by atoms with Crippen LogP contribution in [0.2, 0.25) is 0 Å². The van der Waals surface area contributed by atoms with Gasteiger partial charge in [-0.25, -0.2) is 9.37 Å². The third-order valence-corrected chi connectivity index (χ3v) is 6.35. The number of nitrogens with zero attached hydrogens (tertiary/aromatic N) is 2. The van der Waals surface area contributed by atoms with E-state index in [0.717, 1.165) is 43.5 Å². The van der Waals surface area contributed by atoms with Crippen molar-refractivity contribution < 1.29 is 23.1 Å². The highest BCUT2D eigenvalue weighted by atomic mass is 19.2. The van der Waals surface area contributed by atoms with Crippen LogP contribution in [0.1, 0.15) is 52.0 Å². The predicted molar refractivity (Wildman–Crippen MR) is 109 cm³/mol. The lowest BCUT2D eigenvalue weighted by atomic mass is 9.60. The number of carbonyl (C=O) groups excluding carboxylic acids is 2. The molecular formula is C23H25F2N3O3. The number of hydrogen-bond donors (Lipinski definition) is 1. The van der Waals surface area contributed by atoms with Gasteiger partial charge in [0.15, 0.2) is 5.82 Å². The largest absolute Gasteiger partial charge is 0.380 e. The van der Waals surface area contributed by atoms with Crippen LogP contribution in [-0.4, -0.2) is 47.9 Å². The van der Waals surface area contributed by atoms with Crippen molar-refractivity contribution in [3.8, 4) is 0 Å². The minimum Gasteiger partial charge on any atom is -0.380 e. The van der Waals surface area contributed by atoms with E-state index < -0.39 is 11.8 Å². The van der Waals surface area contributed by atoms with E-state index in [4.69, 9.17) is 4.74 Å². The Hall–Kier alpha value is -2.87. The maximum Gasteiger partial charge on any atom is 0.255 e. The Bertz CT molecular complexity index is 982. The number of nitrogens with one attached hydrogen (secondary N) is 1. The minimum absolute atomic E-state index is 0.0595. The monoisotopic (exact) mass is 429 g/mol. The van der Waals surface area contributed by atoms with E-state index in [9.17, 15) is 18.4 Å². The summed E-state index contributed by atoms with van der Waals surface area (Å²) in [4.78, 5) is 30.1. The summed E-state index contributed by atoms with van der Waals surface area (Å²) < 4.78 is 31.5. The second-order valence-corrected chi connectivity index (χ2v) is 8.50. The summed E-state index contributed by atoms with van der Waals surface area (Å²) in [5, 5.41) is 3.10. The molecule has 1 N–H and O–H groups in total. The van der Waals surface area contributed by atoms with Crippen LogP contribution in [0.4, 0.5) is 8.78 Å². The molecule has 2 aliphatic rings. The lowest BCUT2D eigenvalue weighted by Crippen LogP contribution is -2.55. The van der Waals surface area contributed by atoms with Crippen LogP contribution in [0.15, 0.2) is 36.5 Å². The van der Waals surface area contributed by atoms with Gasteiger partial charge < -0.3 is 15.0 Å². The Balaban J connectivity index is 1.27. The van der Waals surface area contributed by atoms with E-state index in [2.05, 4.69) is 10.3 Å². The smallest absolute Gasteiger partial charge is 0.255 e. The number of pyridine rings is 1. The second-order valence-electron chi connectivity index (χ2n) is 8.50. The number of rotatable bonds is 5. The van der Waals surface area contributed by atoms with Crippen molar-refractivity contribution in [3.05, 3.63) is 65.0 Å². The molecule has 4 rings (SSSR count). The molecule has 1 aliphatic carbocycles. The Morgan fingerprint density at radius 1 is 1.19 bits per heavy atom. The quantitative estimate of drug-likeness (QED) is 0.741. The highest BCUT2D eigenvalue weighted by Gasteiger charge is 2.46. The lowest BCUT2D eigenvalue weighted by molar-refractivity contribution is 0.00860. The minimum atomic E-state index is -1.21. The van der Waals surface area contributed by atoms with E-state index >= 15 is 0 Å². The molecule has 1 saturated heterocycles.